The van der Waals surface area contributed by atoms with Crippen LogP contribution in [-0.4, -0.2) is 16.3 Å². The molecule has 1 atom stereocenters. The van der Waals surface area contributed by atoms with Crippen LogP contribution in [0.2, 0.25) is 5.02 Å². The number of rotatable bonds is 6. The molecule has 19 heavy (non-hydrogen) atoms. The van der Waals surface area contributed by atoms with Crippen molar-refractivity contribution in [3.63, 3.8) is 0 Å². The van der Waals surface area contributed by atoms with E-state index in [4.69, 9.17) is 16.7 Å². The molecule has 1 aromatic rings. The van der Waals surface area contributed by atoms with Gasteiger partial charge in [-0.25, -0.2) is 0 Å². The van der Waals surface area contributed by atoms with Crippen molar-refractivity contribution in [2.45, 2.75) is 49.2 Å². The van der Waals surface area contributed by atoms with Crippen molar-refractivity contribution in [1.29, 1.82) is 0 Å². The number of halogens is 1. The van der Waals surface area contributed by atoms with Crippen LogP contribution in [0.25, 0.3) is 0 Å². The van der Waals surface area contributed by atoms with Gasteiger partial charge >= 0.3 is 5.97 Å². The zero-order chi connectivity index (χ0) is 14.0. The second-order valence-corrected chi connectivity index (χ2v) is 7.42. The molecule has 1 aliphatic rings. The Morgan fingerprint density at radius 1 is 1.47 bits per heavy atom. The summed E-state index contributed by atoms with van der Waals surface area (Å²) in [5.74, 6) is -0.0856. The fourth-order valence-electron chi connectivity index (χ4n) is 2.34. The topological polar surface area (TPSA) is 37.3 Å². The molecule has 2 nitrogen and oxygen atoms in total. The minimum Gasteiger partial charge on any atom is -0.481 e. The molecule has 0 aliphatic heterocycles. The number of hydrogen-bond donors (Lipinski definition) is 1. The zero-order valence-electron chi connectivity index (χ0n) is 11.2. The second kappa shape index (κ2) is 6.19. The summed E-state index contributed by atoms with van der Waals surface area (Å²) in [4.78, 5) is 12.0. The number of carboxylic acids is 1. The van der Waals surface area contributed by atoms with Gasteiger partial charge in [-0.15, -0.1) is 11.8 Å². The summed E-state index contributed by atoms with van der Waals surface area (Å²) in [5, 5.41) is 10.3. The van der Waals surface area contributed by atoms with Crippen LogP contribution in [0.4, 0.5) is 0 Å². The van der Waals surface area contributed by atoms with Gasteiger partial charge < -0.3 is 5.11 Å². The van der Waals surface area contributed by atoms with Crippen LogP contribution in [0, 0.1) is 5.92 Å². The predicted octanol–water partition coefficient (Wildman–Crippen LogP) is 4.81. The van der Waals surface area contributed by atoms with E-state index in [1.54, 1.807) is 11.8 Å². The van der Waals surface area contributed by atoms with Crippen molar-refractivity contribution in [2.24, 2.45) is 5.92 Å². The Balaban J connectivity index is 2.19. The highest BCUT2D eigenvalue weighted by molar-refractivity contribution is 8.00. The van der Waals surface area contributed by atoms with Crippen LogP contribution in [0.15, 0.2) is 23.1 Å². The summed E-state index contributed by atoms with van der Waals surface area (Å²) >= 11 is 8.05. The quantitative estimate of drug-likeness (QED) is 0.766. The van der Waals surface area contributed by atoms with Gasteiger partial charge in [-0.1, -0.05) is 31.5 Å². The first-order chi connectivity index (χ1) is 8.97. The number of thioether (sulfide) groups is 1. The van der Waals surface area contributed by atoms with Crippen molar-refractivity contribution in [3.05, 3.63) is 28.8 Å². The molecule has 0 amide bonds. The molecule has 4 heteroatoms. The molecule has 0 spiro atoms. The lowest BCUT2D eigenvalue weighted by Crippen LogP contribution is -2.08. The maximum absolute atomic E-state index is 11.0. The lowest BCUT2D eigenvalue weighted by Gasteiger charge is -2.16. The number of carbonyl (C=O) groups is 1. The molecule has 1 N–H and O–H groups in total. The Morgan fingerprint density at radius 2 is 2.16 bits per heavy atom. The third-order valence-electron chi connectivity index (χ3n) is 3.33. The average Bonchev–Trinajstić information content (AvgIpc) is 3.12. The molecule has 2 rings (SSSR count). The molecule has 1 unspecified atom stereocenters. The molecule has 0 aromatic heterocycles. The van der Waals surface area contributed by atoms with Crippen LogP contribution in [0.5, 0.6) is 0 Å². The number of aliphatic carboxylic acids is 1. The first kappa shape index (κ1) is 14.7. The summed E-state index contributed by atoms with van der Waals surface area (Å²) in [6, 6.07) is 6.03. The Morgan fingerprint density at radius 3 is 2.63 bits per heavy atom. The number of carboxylic acid groups (broad SMARTS) is 1. The monoisotopic (exact) mass is 298 g/mol. The van der Waals surface area contributed by atoms with Gasteiger partial charge in [0.05, 0.1) is 11.4 Å². The molecule has 0 radical (unpaired) electrons. The summed E-state index contributed by atoms with van der Waals surface area (Å²) in [6.07, 6.45) is 2.48. The van der Waals surface area contributed by atoms with E-state index in [2.05, 4.69) is 13.8 Å². The highest BCUT2D eigenvalue weighted by Gasteiger charge is 2.33. The SMILES string of the molecule is CC(C)Sc1ccc(C(CC(=O)O)C2CC2)cc1Cl. The Hall–Kier alpha value is -0.670. The van der Waals surface area contributed by atoms with Crippen molar-refractivity contribution >= 4 is 29.3 Å². The summed E-state index contributed by atoms with van der Waals surface area (Å²) in [5.41, 5.74) is 1.07. The van der Waals surface area contributed by atoms with Gasteiger partial charge in [0.25, 0.3) is 0 Å². The first-order valence-electron chi connectivity index (χ1n) is 6.65. The number of hydrogen-bond acceptors (Lipinski definition) is 2. The maximum Gasteiger partial charge on any atom is 0.303 e. The van der Waals surface area contributed by atoms with Crippen molar-refractivity contribution in [1.82, 2.24) is 0 Å². The molecule has 1 saturated carbocycles. The third-order valence-corrected chi connectivity index (χ3v) is 4.84. The summed E-state index contributed by atoms with van der Waals surface area (Å²) in [6.45, 7) is 4.26. The van der Waals surface area contributed by atoms with E-state index in [9.17, 15) is 4.79 Å². The van der Waals surface area contributed by atoms with E-state index in [1.165, 1.54) is 0 Å². The Labute approximate surface area is 123 Å². The molecule has 0 heterocycles. The van der Waals surface area contributed by atoms with E-state index in [1.807, 2.05) is 18.2 Å². The van der Waals surface area contributed by atoms with E-state index < -0.39 is 5.97 Å². The summed E-state index contributed by atoms with van der Waals surface area (Å²) in [7, 11) is 0. The Bertz CT molecular complexity index is 469. The van der Waals surface area contributed by atoms with Gasteiger partial charge in [0.15, 0.2) is 0 Å². The fraction of sp³-hybridized carbons (Fsp3) is 0.533. The lowest BCUT2D eigenvalue weighted by molar-refractivity contribution is -0.137. The second-order valence-electron chi connectivity index (χ2n) is 5.40. The van der Waals surface area contributed by atoms with Crippen molar-refractivity contribution < 1.29 is 9.90 Å². The van der Waals surface area contributed by atoms with Crippen LogP contribution < -0.4 is 0 Å². The molecule has 1 fully saturated rings. The minimum atomic E-state index is -0.728. The van der Waals surface area contributed by atoms with E-state index in [0.29, 0.717) is 11.2 Å². The highest BCUT2D eigenvalue weighted by Crippen LogP contribution is 2.45. The van der Waals surface area contributed by atoms with Gasteiger partial charge in [-0.3, -0.25) is 4.79 Å². The minimum absolute atomic E-state index is 0.119. The standard InChI is InChI=1S/C15H19ClO2S/c1-9(2)19-14-6-5-11(7-13(14)16)12(8-15(17)18)10-3-4-10/h5-7,9-10,12H,3-4,8H2,1-2H3,(H,17,18). The highest BCUT2D eigenvalue weighted by atomic mass is 35.5. The van der Waals surface area contributed by atoms with Crippen LogP contribution in [-0.2, 0) is 4.79 Å². The third kappa shape index (κ3) is 4.15. The normalized spacial score (nSPS) is 16.6. The van der Waals surface area contributed by atoms with Crippen molar-refractivity contribution in [3.8, 4) is 0 Å². The lowest BCUT2D eigenvalue weighted by atomic mass is 9.91. The van der Waals surface area contributed by atoms with Gasteiger partial charge in [0, 0.05) is 10.1 Å². The van der Waals surface area contributed by atoms with Gasteiger partial charge in [-0.05, 0) is 42.4 Å². The molecular weight excluding hydrogens is 280 g/mol. The van der Waals surface area contributed by atoms with E-state index in [0.717, 1.165) is 28.3 Å². The van der Waals surface area contributed by atoms with Gasteiger partial charge in [-0.2, -0.15) is 0 Å². The molecule has 1 aromatic carbocycles. The molecule has 0 bridgehead atoms. The number of benzene rings is 1. The molecule has 1 aliphatic carbocycles. The largest absolute Gasteiger partial charge is 0.481 e. The van der Waals surface area contributed by atoms with Gasteiger partial charge in [0.1, 0.15) is 0 Å². The van der Waals surface area contributed by atoms with Gasteiger partial charge in [0.2, 0.25) is 0 Å². The van der Waals surface area contributed by atoms with Crippen LogP contribution in [0.3, 0.4) is 0 Å². The summed E-state index contributed by atoms with van der Waals surface area (Å²) < 4.78 is 0. The average molecular weight is 299 g/mol. The fourth-order valence-corrected chi connectivity index (χ4v) is 3.49. The van der Waals surface area contributed by atoms with E-state index >= 15 is 0 Å². The predicted molar refractivity (Wildman–Crippen MR) is 80.2 cm³/mol. The van der Waals surface area contributed by atoms with Crippen molar-refractivity contribution in [2.75, 3.05) is 0 Å². The van der Waals surface area contributed by atoms with Crippen LogP contribution >= 0.6 is 23.4 Å². The maximum atomic E-state index is 11.0. The molecular formula is C15H19ClO2S. The molecule has 104 valence electrons. The van der Waals surface area contributed by atoms with Crippen LogP contribution in [0.1, 0.15) is 44.6 Å². The van der Waals surface area contributed by atoms with E-state index in [-0.39, 0.29) is 12.3 Å². The smallest absolute Gasteiger partial charge is 0.303 e. The zero-order valence-corrected chi connectivity index (χ0v) is 12.8. The Kier molecular flexibility index (Phi) is 4.80. The first-order valence-corrected chi connectivity index (χ1v) is 7.91. The molecule has 0 saturated heterocycles.